The zero-order chi connectivity index (χ0) is 13.4. The molecule has 1 aromatic carbocycles. The molecule has 1 nitrogen and oxygen atoms in total. The maximum absolute atomic E-state index is 14.4. The quantitative estimate of drug-likeness (QED) is 0.767. The fourth-order valence-electron chi connectivity index (χ4n) is 2.14. The summed E-state index contributed by atoms with van der Waals surface area (Å²) in [6, 6.07) is 2.26. The third-order valence-corrected chi connectivity index (χ3v) is 3.12. The van der Waals surface area contributed by atoms with E-state index >= 15 is 0 Å². The average Bonchev–Trinajstić information content (AvgIpc) is 2.28. The van der Waals surface area contributed by atoms with Gasteiger partial charge in [-0.3, -0.25) is 0 Å². The summed E-state index contributed by atoms with van der Waals surface area (Å²) >= 11 is 0. The smallest absolute Gasteiger partial charge is 0.313 e. The van der Waals surface area contributed by atoms with Gasteiger partial charge in [0.15, 0.2) is 0 Å². The molecule has 0 radical (unpaired) electrons. The van der Waals surface area contributed by atoms with Crippen molar-refractivity contribution in [3.05, 3.63) is 35.1 Å². The van der Waals surface area contributed by atoms with E-state index in [1.807, 2.05) is 0 Å². The van der Waals surface area contributed by atoms with Crippen LogP contribution in [-0.4, -0.2) is 13.1 Å². The van der Waals surface area contributed by atoms with Gasteiger partial charge in [0.25, 0.3) is 0 Å². The normalized spacial score (nSPS) is 25.2. The van der Waals surface area contributed by atoms with E-state index in [4.69, 9.17) is 0 Å². The first-order chi connectivity index (χ1) is 8.33. The maximum Gasteiger partial charge on any atom is 0.419 e. The van der Waals surface area contributed by atoms with E-state index in [0.717, 1.165) is 6.07 Å². The van der Waals surface area contributed by atoms with Crippen LogP contribution in [0.2, 0.25) is 0 Å². The van der Waals surface area contributed by atoms with E-state index < -0.39 is 23.2 Å². The van der Waals surface area contributed by atoms with Crippen molar-refractivity contribution in [2.24, 2.45) is 0 Å². The Morgan fingerprint density at radius 2 is 1.94 bits per heavy atom. The standard InChI is InChI=1S/C12H12F5N/c13-10-6-8(2-3-9(10)12(15,16)17)11(14)4-1-5-18-7-11/h2-3,6,18H,1,4-5,7H2. The van der Waals surface area contributed by atoms with Crippen LogP contribution in [-0.2, 0) is 11.8 Å². The zero-order valence-electron chi connectivity index (χ0n) is 9.45. The monoisotopic (exact) mass is 265 g/mol. The highest BCUT2D eigenvalue weighted by atomic mass is 19.4. The van der Waals surface area contributed by atoms with Gasteiger partial charge in [-0.25, -0.2) is 8.78 Å². The predicted molar refractivity (Wildman–Crippen MR) is 56.3 cm³/mol. The first-order valence-corrected chi connectivity index (χ1v) is 5.60. The van der Waals surface area contributed by atoms with E-state index in [-0.39, 0.29) is 18.5 Å². The molecule has 6 heteroatoms. The van der Waals surface area contributed by atoms with Gasteiger partial charge in [0.1, 0.15) is 11.5 Å². The maximum atomic E-state index is 14.4. The van der Waals surface area contributed by atoms with Crippen molar-refractivity contribution < 1.29 is 22.0 Å². The topological polar surface area (TPSA) is 12.0 Å². The minimum Gasteiger partial charge on any atom is -0.313 e. The summed E-state index contributed by atoms with van der Waals surface area (Å²) in [6.45, 7) is 0.659. The number of halogens is 5. The Labute approximate surface area is 101 Å². The molecule has 0 bridgehead atoms. The number of hydrogen-bond donors (Lipinski definition) is 1. The molecule has 100 valence electrons. The number of piperidine rings is 1. The van der Waals surface area contributed by atoms with Gasteiger partial charge in [0.05, 0.1) is 5.56 Å². The number of hydrogen-bond acceptors (Lipinski definition) is 1. The molecule has 0 saturated carbocycles. The Hall–Kier alpha value is -1.17. The molecule has 1 aliphatic heterocycles. The van der Waals surface area contributed by atoms with Crippen molar-refractivity contribution in [2.45, 2.75) is 24.7 Å². The third kappa shape index (κ3) is 2.48. The van der Waals surface area contributed by atoms with Gasteiger partial charge in [-0.05, 0) is 37.1 Å². The van der Waals surface area contributed by atoms with Crippen molar-refractivity contribution in [3.63, 3.8) is 0 Å². The Kier molecular flexibility index (Phi) is 3.31. The van der Waals surface area contributed by atoms with Crippen LogP contribution in [0.5, 0.6) is 0 Å². The largest absolute Gasteiger partial charge is 0.419 e. The van der Waals surface area contributed by atoms with Crippen LogP contribution >= 0.6 is 0 Å². The Morgan fingerprint density at radius 1 is 1.22 bits per heavy atom. The molecule has 1 aromatic rings. The average molecular weight is 265 g/mol. The van der Waals surface area contributed by atoms with Gasteiger partial charge in [0.2, 0.25) is 0 Å². The van der Waals surface area contributed by atoms with Crippen LogP contribution in [0.3, 0.4) is 0 Å². The molecule has 0 aliphatic carbocycles. The fraction of sp³-hybridized carbons (Fsp3) is 0.500. The summed E-state index contributed by atoms with van der Waals surface area (Å²) in [7, 11) is 0. The van der Waals surface area contributed by atoms with Crippen molar-refractivity contribution in [3.8, 4) is 0 Å². The Morgan fingerprint density at radius 3 is 2.44 bits per heavy atom. The lowest BCUT2D eigenvalue weighted by molar-refractivity contribution is -0.140. The Balaban J connectivity index is 2.34. The van der Waals surface area contributed by atoms with Gasteiger partial charge in [-0.2, -0.15) is 13.2 Å². The highest BCUT2D eigenvalue weighted by Crippen LogP contribution is 2.37. The number of nitrogens with one attached hydrogen (secondary N) is 1. The molecular formula is C12H12F5N. The van der Waals surface area contributed by atoms with Crippen LogP contribution in [0, 0.1) is 5.82 Å². The molecule has 0 aromatic heterocycles. The van der Waals surface area contributed by atoms with Gasteiger partial charge in [0, 0.05) is 6.54 Å². The van der Waals surface area contributed by atoms with E-state index in [2.05, 4.69) is 5.32 Å². The predicted octanol–water partition coefficient (Wildman–Crippen LogP) is 3.39. The second-order valence-corrected chi connectivity index (χ2v) is 4.44. The molecule has 2 rings (SSSR count). The summed E-state index contributed by atoms with van der Waals surface area (Å²) < 4.78 is 64.9. The fourth-order valence-corrected chi connectivity index (χ4v) is 2.14. The molecule has 0 spiro atoms. The highest BCUT2D eigenvalue weighted by Gasteiger charge is 2.38. The molecule has 1 unspecified atom stereocenters. The third-order valence-electron chi connectivity index (χ3n) is 3.12. The van der Waals surface area contributed by atoms with E-state index in [0.29, 0.717) is 25.1 Å². The number of benzene rings is 1. The summed E-state index contributed by atoms with van der Waals surface area (Å²) in [4.78, 5) is 0. The molecule has 1 atom stereocenters. The number of rotatable bonds is 1. The molecule has 1 N–H and O–H groups in total. The first-order valence-electron chi connectivity index (χ1n) is 5.60. The molecule has 18 heavy (non-hydrogen) atoms. The lowest BCUT2D eigenvalue weighted by Gasteiger charge is -2.30. The van der Waals surface area contributed by atoms with Crippen molar-refractivity contribution in [2.75, 3.05) is 13.1 Å². The summed E-state index contributed by atoms with van der Waals surface area (Å²) in [5.74, 6) is -1.43. The van der Waals surface area contributed by atoms with Crippen molar-refractivity contribution in [1.82, 2.24) is 5.32 Å². The van der Waals surface area contributed by atoms with Crippen molar-refractivity contribution >= 4 is 0 Å². The van der Waals surface area contributed by atoms with Gasteiger partial charge in [-0.15, -0.1) is 0 Å². The van der Waals surface area contributed by atoms with Gasteiger partial charge >= 0.3 is 6.18 Å². The molecule has 1 heterocycles. The van der Waals surface area contributed by atoms with E-state index in [1.165, 1.54) is 0 Å². The minimum atomic E-state index is -4.75. The second-order valence-electron chi connectivity index (χ2n) is 4.44. The zero-order valence-corrected chi connectivity index (χ0v) is 9.45. The van der Waals surface area contributed by atoms with Crippen LogP contribution < -0.4 is 5.32 Å². The summed E-state index contributed by atoms with van der Waals surface area (Å²) in [5, 5.41) is 2.82. The van der Waals surface area contributed by atoms with Crippen LogP contribution in [0.1, 0.15) is 24.0 Å². The van der Waals surface area contributed by atoms with Crippen LogP contribution in [0.4, 0.5) is 22.0 Å². The Bertz CT molecular complexity index is 435. The summed E-state index contributed by atoms with van der Waals surface area (Å²) in [5.41, 5.74) is -3.19. The van der Waals surface area contributed by atoms with Gasteiger partial charge in [-0.1, -0.05) is 6.07 Å². The molecule has 1 fully saturated rings. The first kappa shape index (κ1) is 13.3. The molecular weight excluding hydrogens is 253 g/mol. The molecule has 0 amide bonds. The van der Waals surface area contributed by atoms with Crippen LogP contribution in [0.15, 0.2) is 18.2 Å². The molecule has 1 saturated heterocycles. The van der Waals surface area contributed by atoms with Crippen molar-refractivity contribution in [1.29, 1.82) is 0 Å². The second kappa shape index (κ2) is 4.50. The molecule has 1 aliphatic rings. The van der Waals surface area contributed by atoms with E-state index in [1.54, 1.807) is 0 Å². The number of alkyl halides is 4. The van der Waals surface area contributed by atoms with Gasteiger partial charge < -0.3 is 5.32 Å². The SMILES string of the molecule is Fc1cc(C2(F)CCCNC2)ccc1C(F)(F)F. The van der Waals surface area contributed by atoms with Crippen LogP contribution in [0.25, 0.3) is 0 Å². The lowest BCUT2D eigenvalue weighted by Crippen LogP contribution is -2.40. The minimum absolute atomic E-state index is 0.00218. The summed E-state index contributed by atoms with van der Waals surface area (Å²) in [6.07, 6.45) is -4.00. The van der Waals surface area contributed by atoms with E-state index in [9.17, 15) is 22.0 Å². The lowest BCUT2D eigenvalue weighted by atomic mass is 9.88. The highest BCUT2D eigenvalue weighted by molar-refractivity contribution is 5.31.